The van der Waals surface area contributed by atoms with E-state index in [2.05, 4.69) is 10.4 Å². The molecule has 26 heavy (non-hydrogen) atoms. The SMILES string of the molecule is Nc1cc(NCc2cccc(Cl)c2)c2nc(C3CCC(N)CC3)cn2n1. The number of nitrogens with one attached hydrogen (secondary N) is 1. The Morgan fingerprint density at radius 3 is 2.77 bits per heavy atom. The van der Waals surface area contributed by atoms with Crippen molar-refractivity contribution in [2.24, 2.45) is 5.73 Å². The highest BCUT2D eigenvalue weighted by molar-refractivity contribution is 6.30. The predicted molar refractivity (Wildman–Crippen MR) is 105 cm³/mol. The number of anilines is 2. The van der Waals surface area contributed by atoms with Gasteiger partial charge >= 0.3 is 0 Å². The molecule has 2 aromatic heterocycles. The van der Waals surface area contributed by atoms with Gasteiger partial charge in [0, 0.05) is 29.6 Å². The Balaban J connectivity index is 1.59. The molecule has 1 fully saturated rings. The fourth-order valence-electron chi connectivity index (χ4n) is 3.60. The molecule has 0 saturated heterocycles. The molecule has 6 nitrogen and oxygen atoms in total. The first kappa shape index (κ1) is 17.1. The zero-order chi connectivity index (χ0) is 18.1. The highest BCUT2D eigenvalue weighted by atomic mass is 35.5. The van der Waals surface area contributed by atoms with E-state index in [4.69, 9.17) is 28.1 Å². The van der Waals surface area contributed by atoms with E-state index >= 15 is 0 Å². The lowest BCUT2D eigenvalue weighted by Crippen LogP contribution is -2.25. The van der Waals surface area contributed by atoms with Crippen LogP contribution in [-0.4, -0.2) is 20.6 Å². The van der Waals surface area contributed by atoms with Gasteiger partial charge in [-0.15, -0.1) is 5.10 Å². The van der Waals surface area contributed by atoms with Crippen molar-refractivity contribution in [3.05, 3.63) is 52.8 Å². The van der Waals surface area contributed by atoms with E-state index in [-0.39, 0.29) is 0 Å². The molecule has 5 N–H and O–H groups in total. The second-order valence-corrected chi connectivity index (χ2v) is 7.45. The number of benzene rings is 1. The Morgan fingerprint density at radius 2 is 2.00 bits per heavy atom. The van der Waals surface area contributed by atoms with Crippen LogP contribution in [0.15, 0.2) is 36.5 Å². The first-order valence-electron chi connectivity index (χ1n) is 8.98. The molecule has 1 aromatic carbocycles. The zero-order valence-corrected chi connectivity index (χ0v) is 15.3. The summed E-state index contributed by atoms with van der Waals surface area (Å²) in [7, 11) is 0. The maximum atomic E-state index is 6.06. The summed E-state index contributed by atoms with van der Waals surface area (Å²) < 4.78 is 1.78. The highest BCUT2D eigenvalue weighted by Gasteiger charge is 2.23. The number of hydrogen-bond donors (Lipinski definition) is 3. The van der Waals surface area contributed by atoms with Crippen molar-refractivity contribution in [3.63, 3.8) is 0 Å². The van der Waals surface area contributed by atoms with Gasteiger partial charge in [-0.2, -0.15) is 0 Å². The van der Waals surface area contributed by atoms with Crippen molar-refractivity contribution in [1.82, 2.24) is 14.6 Å². The molecule has 3 aromatic rings. The second-order valence-electron chi connectivity index (χ2n) is 7.01. The minimum absolute atomic E-state index is 0.326. The summed E-state index contributed by atoms with van der Waals surface area (Å²) in [5, 5.41) is 8.52. The summed E-state index contributed by atoms with van der Waals surface area (Å²) in [5.41, 5.74) is 15.8. The summed E-state index contributed by atoms with van der Waals surface area (Å²) in [5.74, 6) is 0.902. The predicted octanol–water partition coefficient (Wildman–Crippen LogP) is 3.56. The van der Waals surface area contributed by atoms with Gasteiger partial charge in [-0.3, -0.25) is 0 Å². The van der Waals surface area contributed by atoms with Crippen LogP contribution in [-0.2, 0) is 6.54 Å². The van der Waals surface area contributed by atoms with E-state index in [1.54, 1.807) is 4.52 Å². The normalized spacial score (nSPS) is 20.4. The summed E-state index contributed by atoms with van der Waals surface area (Å²) in [6.07, 6.45) is 6.25. The summed E-state index contributed by atoms with van der Waals surface area (Å²) >= 11 is 6.06. The average Bonchev–Trinajstić information content (AvgIpc) is 3.04. The fraction of sp³-hybridized carbons (Fsp3) is 0.368. The largest absolute Gasteiger partial charge is 0.382 e. The molecule has 0 aliphatic heterocycles. The molecule has 0 amide bonds. The van der Waals surface area contributed by atoms with Crippen LogP contribution >= 0.6 is 11.6 Å². The Bertz CT molecular complexity index is 914. The summed E-state index contributed by atoms with van der Waals surface area (Å²) in [6.45, 7) is 0.639. The van der Waals surface area contributed by atoms with Gasteiger partial charge in [0.1, 0.15) is 5.82 Å². The lowest BCUT2D eigenvalue weighted by atomic mass is 9.85. The van der Waals surface area contributed by atoms with Crippen LogP contribution in [0.4, 0.5) is 11.5 Å². The van der Waals surface area contributed by atoms with Crippen molar-refractivity contribution in [1.29, 1.82) is 0 Å². The van der Waals surface area contributed by atoms with Crippen LogP contribution in [0.5, 0.6) is 0 Å². The topological polar surface area (TPSA) is 94.3 Å². The van der Waals surface area contributed by atoms with E-state index in [0.717, 1.165) is 53.3 Å². The van der Waals surface area contributed by atoms with Crippen molar-refractivity contribution >= 4 is 28.8 Å². The number of fused-ring (bicyclic) bond motifs is 1. The maximum absolute atomic E-state index is 6.06. The smallest absolute Gasteiger partial charge is 0.177 e. The van der Waals surface area contributed by atoms with Crippen molar-refractivity contribution in [3.8, 4) is 0 Å². The van der Waals surface area contributed by atoms with Gasteiger partial charge in [0.2, 0.25) is 0 Å². The second kappa shape index (κ2) is 7.13. The maximum Gasteiger partial charge on any atom is 0.177 e. The van der Waals surface area contributed by atoms with Gasteiger partial charge < -0.3 is 16.8 Å². The molecule has 1 saturated carbocycles. The molecule has 0 radical (unpaired) electrons. The molecule has 7 heteroatoms. The van der Waals surface area contributed by atoms with Crippen LogP contribution in [0.25, 0.3) is 5.65 Å². The molecule has 2 heterocycles. The first-order chi connectivity index (χ1) is 12.6. The lowest BCUT2D eigenvalue weighted by molar-refractivity contribution is 0.391. The van der Waals surface area contributed by atoms with E-state index < -0.39 is 0 Å². The average molecular weight is 371 g/mol. The lowest BCUT2D eigenvalue weighted by Gasteiger charge is -2.24. The van der Waals surface area contributed by atoms with Gasteiger partial charge in [0.05, 0.1) is 17.6 Å². The minimum atomic E-state index is 0.326. The molecule has 0 bridgehead atoms. The molecule has 4 rings (SSSR count). The van der Waals surface area contributed by atoms with Crippen LogP contribution in [0.3, 0.4) is 0 Å². The Labute approximate surface area is 157 Å². The first-order valence-corrected chi connectivity index (χ1v) is 9.36. The quantitative estimate of drug-likeness (QED) is 0.652. The molecule has 0 unspecified atom stereocenters. The highest BCUT2D eigenvalue weighted by Crippen LogP contribution is 2.32. The monoisotopic (exact) mass is 370 g/mol. The van der Waals surface area contributed by atoms with E-state index in [1.807, 2.05) is 36.5 Å². The number of nitrogens with zero attached hydrogens (tertiary/aromatic N) is 3. The van der Waals surface area contributed by atoms with Crippen LogP contribution < -0.4 is 16.8 Å². The van der Waals surface area contributed by atoms with Gasteiger partial charge in [0.15, 0.2) is 5.65 Å². The molecule has 136 valence electrons. The number of hydrogen-bond acceptors (Lipinski definition) is 5. The van der Waals surface area contributed by atoms with Crippen molar-refractivity contribution in [2.75, 3.05) is 11.1 Å². The zero-order valence-electron chi connectivity index (χ0n) is 14.5. The third-order valence-corrected chi connectivity index (χ3v) is 5.26. The van der Waals surface area contributed by atoms with Gasteiger partial charge in [-0.05, 0) is 43.4 Å². The molecular formula is C19H23ClN6. The summed E-state index contributed by atoms with van der Waals surface area (Å²) in [4.78, 5) is 4.85. The summed E-state index contributed by atoms with van der Waals surface area (Å²) in [6, 6.07) is 9.93. The van der Waals surface area contributed by atoms with Gasteiger partial charge in [-0.25, -0.2) is 9.50 Å². The number of halogens is 1. The molecule has 1 aliphatic carbocycles. The Morgan fingerprint density at radius 1 is 1.19 bits per heavy atom. The number of nitrogens with two attached hydrogens (primary N) is 2. The van der Waals surface area contributed by atoms with Gasteiger partial charge in [-0.1, -0.05) is 23.7 Å². The standard InChI is InChI=1S/C19H23ClN6/c20-14-3-1-2-12(8-14)10-23-16-9-18(22)25-26-11-17(24-19(16)26)13-4-6-15(21)7-5-13/h1-3,8-9,11,13,15,23H,4-7,10,21H2,(H2,22,25). The Kier molecular flexibility index (Phi) is 4.70. The van der Waals surface area contributed by atoms with E-state index in [0.29, 0.717) is 24.3 Å². The van der Waals surface area contributed by atoms with E-state index in [1.165, 1.54) is 0 Å². The van der Waals surface area contributed by atoms with Crippen molar-refractivity contribution < 1.29 is 0 Å². The molecular weight excluding hydrogens is 348 g/mol. The molecule has 0 atom stereocenters. The van der Waals surface area contributed by atoms with Crippen LogP contribution in [0, 0.1) is 0 Å². The number of nitrogen functional groups attached to an aromatic ring is 1. The number of aromatic nitrogens is 3. The molecule has 1 aliphatic rings. The Hall–Kier alpha value is -2.31. The van der Waals surface area contributed by atoms with Gasteiger partial charge in [0.25, 0.3) is 0 Å². The third kappa shape index (κ3) is 3.61. The fourth-order valence-corrected chi connectivity index (χ4v) is 3.81. The third-order valence-electron chi connectivity index (χ3n) is 5.02. The molecule has 0 spiro atoms. The minimum Gasteiger partial charge on any atom is -0.382 e. The number of rotatable bonds is 4. The van der Waals surface area contributed by atoms with Crippen LogP contribution in [0.2, 0.25) is 5.02 Å². The van der Waals surface area contributed by atoms with E-state index in [9.17, 15) is 0 Å². The van der Waals surface area contributed by atoms with Crippen molar-refractivity contribution in [2.45, 2.75) is 44.2 Å². The van der Waals surface area contributed by atoms with Crippen LogP contribution in [0.1, 0.15) is 42.9 Å². The number of imidazole rings is 1.